The van der Waals surface area contributed by atoms with Gasteiger partial charge in [-0.05, 0) is 11.4 Å². The van der Waals surface area contributed by atoms with E-state index in [0.717, 1.165) is 0 Å². The molecule has 0 aromatic carbocycles. The molecule has 19 heavy (non-hydrogen) atoms. The Morgan fingerprint density at radius 2 is 2.05 bits per heavy atom. The highest BCUT2D eigenvalue weighted by Crippen LogP contribution is 2.28. The van der Waals surface area contributed by atoms with Crippen LogP contribution in [0.15, 0.2) is 17.5 Å². The number of nitriles is 2. The number of pyridine rings is 1. The van der Waals surface area contributed by atoms with Crippen LogP contribution in [-0.2, 0) is 0 Å². The third-order valence-corrected chi connectivity index (χ3v) is 3.52. The van der Waals surface area contributed by atoms with Crippen molar-refractivity contribution in [1.82, 2.24) is 4.98 Å². The van der Waals surface area contributed by atoms with E-state index in [4.69, 9.17) is 27.9 Å². The lowest BCUT2D eigenvalue weighted by atomic mass is 9.99. The Balaban J connectivity index is 2.79. The fourth-order valence-electron chi connectivity index (χ4n) is 1.55. The normalized spacial score (nSPS) is 9.63. The predicted octanol–water partition coefficient (Wildman–Crippen LogP) is 2.35. The molecule has 0 aliphatic carbocycles. The summed E-state index contributed by atoms with van der Waals surface area (Å²) in [5.41, 5.74) is 5.22. The molecule has 0 fully saturated rings. The molecule has 0 saturated carbocycles. The fourth-order valence-corrected chi connectivity index (χ4v) is 2.44. The van der Waals surface area contributed by atoms with E-state index in [0.29, 0.717) is 4.88 Å². The molecule has 7 heteroatoms. The largest absolute Gasteiger partial charge is 0.383 e. The summed E-state index contributed by atoms with van der Waals surface area (Å²) in [5, 5.41) is 19.7. The Morgan fingerprint density at radius 1 is 1.37 bits per heavy atom. The van der Waals surface area contributed by atoms with Crippen molar-refractivity contribution in [2.24, 2.45) is 0 Å². The number of aromatic nitrogens is 1. The van der Waals surface area contributed by atoms with Crippen LogP contribution in [0.2, 0.25) is 5.15 Å². The first-order valence-corrected chi connectivity index (χ1v) is 6.23. The van der Waals surface area contributed by atoms with Gasteiger partial charge in [-0.2, -0.15) is 10.5 Å². The van der Waals surface area contributed by atoms with Crippen molar-refractivity contribution in [2.75, 3.05) is 5.73 Å². The number of nitrogen functional groups attached to an aromatic ring is 1. The molecule has 2 rings (SSSR count). The maximum atomic E-state index is 12.3. The molecule has 2 N–H and O–H groups in total. The molecule has 2 heterocycles. The second kappa shape index (κ2) is 5.07. The molecule has 0 aliphatic heterocycles. The highest BCUT2D eigenvalue weighted by molar-refractivity contribution is 7.12. The van der Waals surface area contributed by atoms with E-state index in [9.17, 15) is 4.79 Å². The van der Waals surface area contributed by atoms with E-state index in [2.05, 4.69) is 4.98 Å². The van der Waals surface area contributed by atoms with Crippen molar-refractivity contribution in [3.63, 3.8) is 0 Å². The van der Waals surface area contributed by atoms with E-state index in [1.165, 1.54) is 11.3 Å². The van der Waals surface area contributed by atoms with Crippen LogP contribution < -0.4 is 5.73 Å². The zero-order chi connectivity index (χ0) is 14.0. The summed E-state index contributed by atoms with van der Waals surface area (Å²) in [7, 11) is 0. The van der Waals surface area contributed by atoms with Gasteiger partial charge in [-0.25, -0.2) is 4.98 Å². The quantitative estimate of drug-likeness (QED) is 0.675. The number of hydrogen-bond donors (Lipinski definition) is 1. The fraction of sp³-hybridized carbons (Fsp3) is 0. The van der Waals surface area contributed by atoms with E-state index in [1.807, 2.05) is 0 Å². The van der Waals surface area contributed by atoms with Crippen LogP contribution in [0.25, 0.3) is 0 Å². The molecule has 0 amide bonds. The van der Waals surface area contributed by atoms with Crippen molar-refractivity contribution in [2.45, 2.75) is 0 Å². The third-order valence-electron chi connectivity index (χ3n) is 2.38. The average Bonchev–Trinajstić information content (AvgIpc) is 2.91. The van der Waals surface area contributed by atoms with E-state index < -0.39 is 5.78 Å². The van der Waals surface area contributed by atoms with Crippen LogP contribution in [0.3, 0.4) is 0 Å². The molecule has 0 atom stereocenters. The van der Waals surface area contributed by atoms with Gasteiger partial charge in [-0.15, -0.1) is 11.3 Å². The SMILES string of the molecule is N#Cc1c(N)nc(Cl)c(C#N)c1C(=O)c1cccs1. The van der Waals surface area contributed by atoms with Gasteiger partial charge in [0.1, 0.15) is 34.2 Å². The van der Waals surface area contributed by atoms with Crippen LogP contribution in [-0.4, -0.2) is 10.8 Å². The first-order valence-electron chi connectivity index (χ1n) is 4.97. The molecule has 0 saturated heterocycles. The zero-order valence-corrected chi connectivity index (χ0v) is 10.9. The summed E-state index contributed by atoms with van der Waals surface area (Å²) < 4.78 is 0. The number of hydrogen-bond acceptors (Lipinski definition) is 6. The van der Waals surface area contributed by atoms with Gasteiger partial charge < -0.3 is 5.73 Å². The predicted molar refractivity (Wildman–Crippen MR) is 70.8 cm³/mol. The lowest BCUT2D eigenvalue weighted by Crippen LogP contribution is -2.10. The number of thiophene rings is 1. The van der Waals surface area contributed by atoms with Crippen molar-refractivity contribution in [1.29, 1.82) is 10.5 Å². The molecule has 0 radical (unpaired) electrons. The summed E-state index contributed by atoms with van der Waals surface area (Å²) in [6, 6.07) is 6.88. The lowest BCUT2D eigenvalue weighted by molar-refractivity contribution is 0.104. The van der Waals surface area contributed by atoms with Crippen LogP contribution in [0.5, 0.6) is 0 Å². The minimum Gasteiger partial charge on any atom is -0.383 e. The van der Waals surface area contributed by atoms with Crippen molar-refractivity contribution >= 4 is 34.5 Å². The molecule has 2 aromatic heterocycles. The molecule has 0 unspecified atom stereocenters. The lowest BCUT2D eigenvalue weighted by Gasteiger charge is -2.07. The standard InChI is InChI=1S/C12H5ClN4OS/c13-11-6(4-14)9(7(5-15)12(16)17-11)10(18)8-2-1-3-19-8/h1-3H,(H2,16,17). The van der Waals surface area contributed by atoms with E-state index in [-0.39, 0.29) is 27.7 Å². The van der Waals surface area contributed by atoms with Gasteiger partial charge in [0, 0.05) is 0 Å². The molecule has 0 bridgehead atoms. The second-order valence-electron chi connectivity index (χ2n) is 3.44. The highest BCUT2D eigenvalue weighted by Gasteiger charge is 2.24. The van der Waals surface area contributed by atoms with Gasteiger partial charge in [-0.1, -0.05) is 17.7 Å². The van der Waals surface area contributed by atoms with E-state index in [1.54, 1.807) is 29.7 Å². The minimum atomic E-state index is -0.459. The highest BCUT2D eigenvalue weighted by atomic mass is 35.5. The smallest absolute Gasteiger partial charge is 0.205 e. The Kier molecular flexibility index (Phi) is 3.48. The molecule has 0 aliphatic rings. The minimum absolute atomic E-state index is 0.0926. The Morgan fingerprint density at radius 3 is 2.58 bits per heavy atom. The van der Waals surface area contributed by atoms with Crippen LogP contribution in [0.1, 0.15) is 26.4 Å². The Labute approximate surface area is 117 Å². The van der Waals surface area contributed by atoms with Crippen molar-refractivity contribution < 1.29 is 4.79 Å². The van der Waals surface area contributed by atoms with Gasteiger partial charge in [0.05, 0.1) is 10.4 Å². The van der Waals surface area contributed by atoms with Crippen LogP contribution >= 0.6 is 22.9 Å². The topological polar surface area (TPSA) is 104 Å². The summed E-state index contributed by atoms with van der Waals surface area (Å²) in [5.74, 6) is -0.620. The number of nitrogens with zero attached hydrogens (tertiary/aromatic N) is 3. The Bertz CT molecular complexity index is 702. The monoisotopic (exact) mass is 288 g/mol. The van der Waals surface area contributed by atoms with Crippen LogP contribution in [0.4, 0.5) is 5.82 Å². The van der Waals surface area contributed by atoms with Gasteiger partial charge in [0.25, 0.3) is 0 Å². The van der Waals surface area contributed by atoms with Gasteiger partial charge in [0.2, 0.25) is 5.78 Å². The first kappa shape index (κ1) is 13.0. The molecule has 0 spiro atoms. The summed E-state index contributed by atoms with van der Waals surface area (Å²) in [6.45, 7) is 0. The number of rotatable bonds is 2. The van der Waals surface area contributed by atoms with Gasteiger partial charge in [0.15, 0.2) is 0 Å². The molecular weight excluding hydrogens is 284 g/mol. The number of ketones is 1. The number of carbonyl (C=O) groups excluding carboxylic acids is 1. The number of carbonyl (C=O) groups is 1. The first-order chi connectivity index (χ1) is 9.10. The number of anilines is 1. The van der Waals surface area contributed by atoms with Crippen molar-refractivity contribution in [3.05, 3.63) is 44.2 Å². The number of halogens is 1. The number of nitrogens with two attached hydrogens (primary N) is 1. The zero-order valence-electron chi connectivity index (χ0n) is 9.35. The van der Waals surface area contributed by atoms with Crippen molar-refractivity contribution in [3.8, 4) is 12.1 Å². The second-order valence-corrected chi connectivity index (χ2v) is 4.75. The maximum absolute atomic E-state index is 12.3. The Hall–Kier alpha value is -2.41. The summed E-state index contributed by atoms with van der Waals surface area (Å²) in [6.07, 6.45) is 0. The molecule has 2 aromatic rings. The average molecular weight is 289 g/mol. The maximum Gasteiger partial charge on any atom is 0.205 e. The van der Waals surface area contributed by atoms with Gasteiger partial charge >= 0.3 is 0 Å². The van der Waals surface area contributed by atoms with Gasteiger partial charge in [-0.3, -0.25) is 4.79 Å². The molecule has 92 valence electrons. The van der Waals surface area contributed by atoms with Crippen LogP contribution in [0, 0.1) is 22.7 Å². The molecule has 5 nitrogen and oxygen atoms in total. The third kappa shape index (κ3) is 2.15. The van der Waals surface area contributed by atoms with E-state index >= 15 is 0 Å². The molecular formula is C12H5ClN4OS. The summed E-state index contributed by atoms with van der Waals surface area (Å²) >= 11 is 7.00. The summed E-state index contributed by atoms with van der Waals surface area (Å²) in [4.78, 5) is 16.4.